The summed E-state index contributed by atoms with van der Waals surface area (Å²) in [5.74, 6) is 1.75. The van der Waals surface area contributed by atoms with Crippen molar-refractivity contribution < 1.29 is 19.1 Å². The Bertz CT molecular complexity index is 861. The molecular weight excluding hydrogens is 316 g/mol. The van der Waals surface area contributed by atoms with Crippen LogP contribution in [0.5, 0.6) is 11.5 Å². The fraction of sp³-hybridized carbons (Fsp3) is 0.571. The zero-order chi connectivity index (χ0) is 18.0. The molecule has 0 spiro atoms. The highest BCUT2D eigenvalue weighted by Gasteiger charge is 2.51. The van der Waals surface area contributed by atoms with Crippen LogP contribution in [0.1, 0.15) is 68.1 Å². The summed E-state index contributed by atoms with van der Waals surface area (Å²) >= 11 is 0. The van der Waals surface area contributed by atoms with Gasteiger partial charge >= 0.3 is 0 Å². The number of methoxy groups -OCH3 is 1. The Morgan fingerprint density at radius 2 is 2.08 bits per heavy atom. The van der Waals surface area contributed by atoms with E-state index >= 15 is 0 Å². The molecule has 2 aliphatic carbocycles. The lowest BCUT2D eigenvalue weighted by Crippen LogP contribution is -2.47. The van der Waals surface area contributed by atoms with Gasteiger partial charge in [0, 0.05) is 17.4 Å². The minimum absolute atomic E-state index is 0.0305. The number of carbonyl (C=O) groups is 1. The molecule has 1 saturated carbocycles. The number of aryl methyl sites for hydroxylation is 1. The molecule has 2 aromatic rings. The van der Waals surface area contributed by atoms with E-state index in [1.165, 1.54) is 25.5 Å². The lowest BCUT2D eigenvalue weighted by molar-refractivity contribution is 0.0387. The SMILES string of the molecule is COc1cc2c3c(oc2c(C=O)c1O)CC[C@H]1C(C)(C)CCC[C@]31C. The first kappa shape index (κ1) is 16.5. The third kappa shape index (κ3) is 2.09. The van der Waals surface area contributed by atoms with E-state index in [1.807, 2.05) is 6.07 Å². The van der Waals surface area contributed by atoms with Crippen LogP contribution >= 0.6 is 0 Å². The number of phenols is 1. The molecule has 0 amide bonds. The number of hydrogen-bond donors (Lipinski definition) is 1. The maximum Gasteiger partial charge on any atom is 0.172 e. The average Bonchev–Trinajstić information content (AvgIpc) is 2.92. The van der Waals surface area contributed by atoms with Crippen molar-refractivity contribution in [2.75, 3.05) is 7.11 Å². The van der Waals surface area contributed by atoms with Crippen molar-refractivity contribution in [2.45, 2.75) is 58.3 Å². The van der Waals surface area contributed by atoms with Crippen molar-refractivity contribution in [3.63, 3.8) is 0 Å². The molecule has 1 fully saturated rings. The predicted molar refractivity (Wildman–Crippen MR) is 96.6 cm³/mol. The van der Waals surface area contributed by atoms with Gasteiger partial charge in [0.25, 0.3) is 0 Å². The molecule has 134 valence electrons. The third-order valence-corrected chi connectivity index (χ3v) is 6.83. The number of rotatable bonds is 2. The quantitative estimate of drug-likeness (QED) is 0.781. The monoisotopic (exact) mass is 342 g/mol. The Kier molecular flexibility index (Phi) is 3.47. The van der Waals surface area contributed by atoms with Crippen LogP contribution in [-0.2, 0) is 11.8 Å². The molecule has 1 N–H and O–H groups in total. The molecule has 2 aliphatic rings. The predicted octanol–water partition coefficient (Wildman–Crippen LogP) is 4.99. The summed E-state index contributed by atoms with van der Waals surface area (Å²) in [5.41, 5.74) is 2.25. The van der Waals surface area contributed by atoms with Crippen LogP contribution in [0, 0.1) is 11.3 Å². The van der Waals surface area contributed by atoms with E-state index in [1.54, 1.807) is 0 Å². The highest BCUT2D eigenvalue weighted by molar-refractivity contribution is 6.01. The zero-order valence-electron chi connectivity index (χ0n) is 15.4. The second kappa shape index (κ2) is 5.26. The first-order valence-electron chi connectivity index (χ1n) is 9.14. The molecule has 1 heterocycles. The van der Waals surface area contributed by atoms with Crippen LogP contribution in [0.15, 0.2) is 10.5 Å². The average molecular weight is 342 g/mol. The summed E-state index contributed by atoms with van der Waals surface area (Å²) in [4.78, 5) is 11.6. The lowest BCUT2D eigenvalue weighted by Gasteiger charge is -2.53. The standard InChI is InChI=1S/C21H26O4/c1-20(2)8-5-9-21(3)16(20)7-6-14-17(21)12-10-15(24-4)18(23)13(11-22)19(12)25-14/h10-11,16,23H,5-9H2,1-4H3/t16-,21-/m0/s1. The molecule has 0 radical (unpaired) electrons. The van der Waals surface area contributed by atoms with Gasteiger partial charge in [-0.3, -0.25) is 4.79 Å². The van der Waals surface area contributed by atoms with Crippen molar-refractivity contribution >= 4 is 17.3 Å². The molecule has 4 rings (SSSR count). The van der Waals surface area contributed by atoms with Gasteiger partial charge in [0.1, 0.15) is 16.9 Å². The van der Waals surface area contributed by atoms with Crippen molar-refractivity contribution in [1.82, 2.24) is 0 Å². The largest absolute Gasteiger partial charge is 0.504 e. The van der Waals surface area contributed by atoms with Crippen molar-refractivity contribution in [1.29, 1.82) is 0 Å². The topological polar surface area (TPSA) is 59.7 Å². The van der Waals surface area contributed by atoms with Gasteiger partial charge in [-0.1, -0.05) is 27.2 Å². The molecule has 4 heteroatoms. The molecule has 0 unspecified atom stereocenters. The number of hydrogen-bond acceptors (Lipinski definition) is 4. The fourth-order valence-corrected chi connectivity index (χ4v) is 5.74. The summed E-state index contributed by atoms with van der Waals surface area (Å²) in [5, 5.41) is 11.2. The Morgan fingerprint density at radius 3 is 2.76 bits per heavy atom. The second-order valence-electron chi connectivity index (χ2n) is 8.59. The van der Waals surface area contributed by atoms with E-state index in [2.05, 4.69) is 20.8 Å². The van der Waals surface area contributed by atoms with Gasteiger partial charge in [0.2, 0.25) is 0 Å². The Hall–Kier alpha value is -1.97. The molecule has 25 heavy (non-hydrogen) atoms. The maximum atomic E-state index is 11.6. The lowest BCUT2D eigenvalue weighted by atomic mass is 9.51. The van der Waals surface area contributed by atoms with E-state index < -0.39 is 0 Å². The summed E-state index contributed by atoms with van der Waals surface area (Å²) in [6, 6.07) is 1.84. The van der Waals surface area contributed by atoms with E-state index in [0.717, 1.165) is 30.4 Å². The van der Waals surface area contributed by atoms with Gasteiger partial charge in [-0.05, 0) is 42.1 Å². The number of fused-ring (bicyclic) bond motifs is 5. The highest BCUT2D eigenvalue weighted by Crippen LogP contribution is 2.59. The van der Waals surface area contributed by atoms with Crippen molar-refractivity contribution in [2.24, 2.45) is 11.3 Å². The van der Waals surface area contributed by atoms with Gasteiger partial charge < -0.3 is 14.3 Å². The first-order valence-corrected chi connectivity index (χ1v) is 9.14. The molecule has 0 bridgehead atoms. The van der Waals surface area contributed by atoms with Gasteiger partial charge in [-0.25, -0.2) is 0 Å². The third-order valence-electron chi connectivity index (χ3n) is 6.83. The zero-order valence-corrected chi connectivity index (χ0v) is 15.4. The number of furan rings is 1. The Labute approximate surface area is 148 Å². The van der Waals surface area contributed by atoms with Crippen LogP contribution in [0.3, 0.4) is 0 Å². The number of carbonyl (C=O) groups excluding carboxylic acids is 1. The van der Waals surface area contributed by atoms with Gasteiger partial charge in [0.15, 0.2) is 17.8 Å². The molecule has 0 saturated heterocycles. The molecule has 2 atom stereocenters. The normalized spacial score (nSPS) is 27.6. The van der Waals surface area contributed by atoms with Crippen LogP contribution < -0.4 is 4.74 Å². The number of benzene rings is 1. The smallest absolute Gasteiger partial charge is 0.172 e. The number of aldehydes is 1. The minimum atomic E-state index is -0.137. The Morgan fingerprint density at radius 1 is 1.32 bits per heavy atom. The van der Waals surface area contributed by atoms with Gasteiger partial charge in [0.05, 0.1) is 7.11 Å². The van der Waals surface area contributed by atoms with Crippen LogP contribution in [0.4, 0.5) is 0 Å². The maximum absolute atomic E-state index is 11.6. The van der Waals surface area contributed by atoms with Crippen LogP contribution in [-0.4, -0.2) is 18.5 Å². The number of ether oxygens (including phenoxy) is 1. The Balaban J connectivity index is 2.04. The van der Waals surface area contributed by atoms with E-state index in [9.17, 15) is 9.90 Å². The summed E-state index contributed by atoms with van der Waals surface area (Å²) in [6.07, 6.45) is 6.23. The van der Waals surface area contributed by atoms with E-state index in [-0.39, 0.29) is 16.7 Å². The molecule has 1 aromatic carbocycles. The minimum Gasteiger partial charge on any atom is -0.504 e. The molecule has 4 nitrogen and oxygen atoms in total. The van der Waals surface area contributed by atoms with Gasteiger partial charge in [-0.15, -0.1) is 0 Å². The summed E-state index contributed by atoms with van der Waals surface area (Å²) in [6.45, 7) is 7.11. The second-order valence-corrected chi connectivity index (χ2v) is 8.59. The molecular formula is C21H26O4. The van der Waals surface area contributed by atoms with Crippen LogP contribution in [0.2, 0.25) is 0 Å². The van der Waals surface area contributed by atoms with Crippen molar-refractivity contribution in [3.05, 3.63) is 23.0 Å². The molecule has 1 aromatic heterocycles. The van der Waals surface area contributed by atoms with E-state index in [4.69, 9.17) is 9.15 Å². The van der Waals surface area contributed by atoms with Crippen molar-refractivity contribution in [3.8, 4) is 11.5 Å². The van der Waals surface area contributed by atoms with E-state index in [0.29, 0.717) is 29.0 Å². The summed E-state index contributed by atoms with van der Waals surface area (Å²) in [7, 11) is 1.51. The number of phenolic OH excluding ortho intramolecular Hbond substituents is 1. The fourth-order valence-electron chi connectivity index (χ4n) is 5.74. The van der Waals surface area contributed by atoms with Crippen LogP contribution in [0.25, 0.3) is 11.0 Å². The van der Waals surface area contributed by atoms with Gasteiger partial charge in [-0.2, -0.15) is 0 Å². The summed E-state index contributed by atoms with van der Waals surface area (Å²) < 4.78 is 11.4. The highest BCUT2D eigenvalue weighted by atomic mass is 16.5. The number of aromatic hydroxyl groups is 1. The molecule has 0 aliphatic heterocycles. The first-order chi connectivity index (χ1) is 11.8.